The third-order valence-corrected chi connectivity index (χ3v) is 3.08. The number of nitrogens with one attached hydrogen (secondary N) is 1. The Kier molecular flexibility index (Phi) is 3.49. The molecular formula is C12H14F3N. The molecule has 1 aliphatic rings. The summed E-state index contributed by atoms with van der Waals surface area (Å²) in [5, 5.41) is 3.19. The second-order valence-electron chi connectivity index (χ2n) is 4.22. The molecule has 2 atom stereocenters. The molecule has 1 fully saturated rings. The van der Waals surface area contributed by atoms with E-state index >= 15 is 0 Å². The van der Waals surface area contributed by atoms with Gasteiger partial charge in [0.1, 0.15) is 0 Å². The second kappa shape index (κ2) is 4.87. The zero-order valence-corrected chi connectivity index (χ0v) is 8.85. The van der Waals surface area contributed by atoms with Crippen LogP contribution in [0.25, 0.3) is 0 Å². The first-order chi connectivity index (χ1) is 7.70. The van der Waals surface area contributed by atoms with Gasteiger partial charge in [-0.3, -0.25) is 4.39 Å². The van der Waals surface area contributed by atoms with Crippen LogP contribution in [-0.4, -0.2) is 13.2 Å². The molecule has 2 rings (SSSR count). The average molecular weight is 229 g/mol. The molecule has 0 aromatic heterocycles. The average Bonchev–Trinajstić information content (AvgIpc) is 2.33. The van der Waals surface area contributed by atoms with E-state index in [1.54, 1.807) is 6.07 Å². The summed E-state index contributed by atoms with van der Waals surface area (Å²) in [5.74, 6) is -1.66. The number of hydrogen-bond acceptors (Lipinski definition) is 1. The molecule has 0 amide bonds. The molecule has 0 spiro atoms. The van der Waals surface area contributed by atoms with Crippen LogP contribution in [0.5, 0.6) is 0 Å². The summed E-state index contributed by atoms with van der Waals surface area (Å²) in [7, 11) is 0. The number of rotatable bonds is 2. The van der Waals surface area contributed by atoms with Crippen LogP contribution in [0.3, 0.4) is 0 Å². The van der Waals surface area contributed by atoms with Crippen LogP contribution < -0.4 is 5.32 Å². The van der Waals surface area contributed by atoms with Gasteiger partial charge in [-0.05, 0) is 43.0 Å². The number of benzene rings is 1. The quantitative estimate of drug-likeness (QED) is 0.822. The molecular weight excluding hydrogens is 215 g/mol. The summed E-state index contributed by atoms with van der Waals surface area (Å²) in [4.78, 5) is 0. The van der Waals surface area contributed by atoms with Crippen LogP contribution in [0, 0.1) is 17.6 Å². The summed E-state index contributed by atoms with van der Waals surface area (Å²) in [6, 6.07) is 3.79. The van der Waals surface area contributed by atoms with Crippen molar-refractivity contribution in [1.29, 1.82) is 0 Å². The van der Waals surface area contributed by atoms with Crippen LogP contribution in [0.1, 0.15) is 24.4 Å². The number of hydrogen-bond donors (Lipinski definition) is 1. The summed E-state index contributed by atoms with van der Waals surface area (Å²) in [6.45, 7) is 0.375. The van der Waals surface area contributed by atoms with E-state index in [-0.39, 0.29) is 18.6 Å². The van der Waals surface area contributed by atoms with E-state index in [1.165, 1.54) is 6.07 Å². The van der Waals surface area contributed by atoms with Gasteiger partial charge < -0.3 is 5.32 Å². The molecule has 4 heteroatoms. The predicted octanol–water partition coefficient (Wildman–Crippen LogP) is 2.98. The lowest BCUT2D eigenvalue weighted by Gasteiger charge is -2.29. The van der Waals surface area contributed by atoms with E-state index in [9.17, 15) is 13.2 Å². The Bertz CT molecular complexity index is 367. The van der Waals surface area contributed by atoms with Crippen molar-refractivity contribution in [3.8, 4) is 0 Å². The van der Waals surface area contributed by atoms with Crippen molar-refractivity contribution in [2.45, 2.75) is 18.9 Å². The van der Waals surface area contributed by atoms with Crippen molar-refractivity contribution in [2.75, 3.05) is 13.2 Å². The summed E-state index contributed by atoms with van der Waals surface area (Å²) in [6.07, 6.45) is 1.44. The van der Waals surface area contributed by atoms with Gasteiger partial charge in [-0.2, -0.15) is 0 Å². The fourth-order valence-corrected chi connectivity index (χ4v) is 2.12. The number of halogens is 3. The van der Waals surface area contributed by atoms with Crippen LogP contribution in [-0.2, 0) is 0 Å². The lowest BCUT2D eigenvalue weighted by Crippen LogP contribution is -2.32. The molecule has 1 heterocycles. The molecule has 1 aromatic carbocycles. The Labute approximate surface area is 92.7 Å². The van der Waals surface area contributed by atoms with Gasteiger partial charge in [-0.1, -0.05) is 6.07 Å². The molecule has 0 bridgehead atoms. The van der Waals surface area contributed by atoms with E-state index in [0.717, 1.165) is 19.0 Å². The molecule has 1 aliphatic heterocycles. The van der Waals surface area contributed by atoms with Crippen molar-refractivity contribution in [3.05, 3.63) is 35.4 Å². The standard InChI is InChI=1S/C12H14F3N/c13-7-8-3-4-16-12(5-8)9-1-2-10(14)11(15)6-9/h1-2,6,8,12,16H,3-5,7H2/t8-,12+/m0/s1. The molecule has 1 N–H and O–H groups in total. The van der Waals surface area contributed by atoms with E-state index in [2.05, 4.69) is 5.32 Å². The fourth-order valence-electron chi connectivity index (χ4n) is 2.12. The van der Waals surface area contributed by atoms with Gasteiger partial charge in [-0.15, -0.1) is 0 Å². The van der Waals surface area contributed by atoms with Gasteiger partial charge in [0.05, 0.1) is 6.67 Å². The molecule has 1 aromatic rings. The fraction of sp³-hybridized carbons (Fsp3) is 0.500. The first-order valence-corrected chi connectivity index (χ1v) is 5.45. The minimum Gasteiger partial charge on any atom is -0.310 e. The summed E-state index contributed by atoms with van der Waals surface area (Å²) >= 11 is 0. The first-order valence-electron chi connectivity index (χ1n) is 5.45. The zero-order chi connectivity index (χ0) is 11.5. The van der Waals surface area contributed by atoms with Crippen molar-refractivity contribution < 1.29 is 13.2 Å². The largest absolute Gasteiger partial charge is 0.310 e. The lowest BCUT2D eigenvalue weighted by atomic mass is 9.89. The second-order valence-corrected chi connectivity index (χ2v) is 4.22. The maximum Gasteiger partial charge on any atom is 0.159 e. The minimum absolute atomic E-state index is 0.0272. The maximum atomic E-state index is 13.0. The van der Waals surface area contributed by atoms with Gasteiger partial charge in [0.25, 0.3) is 0 Å². The van der Waals surface area contributed by atoms with Crippen LogP contribution in [0.2, 0.25) is 0 Å². The SMILES string of the molecule is FC[C@H]1CCN[C@@H](c2ccc(F)c(F)c2)C1. The van der Waals surface area contributed by atoms with Gasteiger partial charge in [-0.25, -0.2) is 8.78 Å². The highest BCUT2D eigenvalue weighted by Crippen LogP contribution is 2.28. The topological polar surface area (TPSA) is 12.0 Å². The normalized spacial score (nSPS) is 25.7. The highest BCUT2D eigenvalue weighted by molar-refractivity contribution is 5.21. The van der Waals surface area contributed by atoms with Crippen molar-refractivity contribution >= 4 is 0 Å². The van der Waals surface area contributed by atoms with Gasteiger partial charge in [0.15, 0.2) is 11.6 Å². The highest BCUT2D eigenvalue weighted by Gasteiger charge is 2.23. The highest BCUT2D eigenvalue weighted by atomic mass is 19.2. The Hall–Kier alpha value is -1.03. The zero-order valence-electron chi connectivity index (χ0n) is 8.85. The van der Waals surface area contributed by atoms with Crippen molar-refractivity contribution in [3.63, 3.8) is 0 Å². The Morgan fingerprint density at radius 2 is 2.06 bits per heavy atom. The molecule has 0 radical (unpaired) electrons. The third-order valence-electron chi connectivity index (χ3n) is 3.08. The van der Waals surface area contributed by atoms with Gasteiger partial charge >= 0.3 is 0 Å². The van der Waals surface area contributed by atoms with Crippen LogP contribution in [0.4, 0.5) is 13.2 Å². The number of alkyl halides is 1. The monoisotopic (exact) mass is 229 g/mol. The van der Waals surface area contributed by atoms with E-state index in [4.69, 9.17) is 0 Å². The van der Waals surface area contributed by atoms with Gasteiger partial charge in [0, 0.05) is 6.04 Å². The predicted molar refractivity (Wildman–Crippen MR) is 55.8 cm³/mol. The third kappa shape index (κ3) is 2.38. The lowest BCUT2D eigenvalue weighted by molar-refractivity contribution is 0.250. The molecule has 16 heavy (non-hydrogen) atoms. The summed E-state index contributed by atoms with van der Waals surface area (Å²) in [5.41, 5.74) is 0.692. The first kappa shape index (κ1) is 11.5. The molecule has 1 nitrogen and oxygen atoms in total. The number of piperidine rings is 1. The Morgan fingerprint density at radius 3 is 2.75 bits per heavy atom. The molecule has 88 valence electrons. The van der Waals surface area contributed by atoms with Crippen LogP contribution >= 0.6 is 0 Å². The van der Waals surface area contributed by atoms with Crippen molar-refractivity contribution in [2.24, 2.45) is 5.92 Å². The molecule has 0 aliphatic carbocycles. The van der Waals surface area contributed by atoms with E-state index < -0.39 is 11.6 Å². The molecule has 0 unspecified atom stereocenters. The summed E-state index contributed by atoms with van der Waals surface area (Å²) < 4.78 is 38.3. The van der Waals surface area contributed by atoms with E-state index in [0.29, 0.717) is 12.0 Å². The maximum absolute atomic E-state index is 13.0. The Balaban J connectivity index is 2.13. The van der Waals surface area contributed by atoms with Gasteiger partial charge in [0.2, 0.25) is 0 Å². The Morgan fingerprint density at radius 1 is 1.25 bits per heavy atom. The van der Waals surface area contributed by atoms with Crippen molar-refractivity contribution in [1.82, 2.24) is 5.32 Å². The van der Waals surface area contributed by atoms with Crippen LogP contribution in [0.15, 0.2) is 18.2 Å². The van der Waals surface area contributed by atoms with E-state index in [1.807, 2.05) is 0 Å². The molecule has 1 saturated heterocycles. The molecule has 0 saturated carbocycles. The smallest absolute Gasteiger partial charge is 0.159 e. The minimum atomic E-state index is -0.846.